The van der Waals surface area contributed by atoms with Gasteiger partial charge in [-0.05, 0) is 18.4 Å². The minimum atomic E-state index is -0.878. The van der Waals surface area contributed by atoms with Crippen LogP contribution in [0.1, 0.15) is 48.0 Å². The Kier molecular flexibility index (Phi) is 4.64. The van der Waals surface area contributed by atoms with E-state index in [-0.39, 0.29) is 12.3 Å². The zero-order valence-corrected chi connectivity index (χ0v) is 13.4. The van der Waals surface area contributed by atoms with Gasteiger partial charge in [0.1, 0.15) is 0 Å². The van der Waals surface area contributed by atoms with Gasteiger partial charge < -0.3 is 10.4 Å². The molecule has 1 fully saturated rings. The summed E-state index contributed by atoms with van der Waals surface area (Å²) in [6.07, 6.45) is 6.51. The van der Waals surface area contributed by atoms with Crippen molar-refractivity contribution in [3.05, 3.63) is 53.9 Å². The van der Waals surface area contributed by atoms with Gasteiger partial charge in [-0.2, -0.15) is 5.10 Å². The average molecular weight is 327 g/mol. The van der Waals surface area contributed by atoms with Crippen molar-refractivity contribution in [2.24, 2.45) is 0 Å². The van der Waals surface area contributed by atoms with E-state index in [2.05, 4.69) is 10.4 Å². The Morgan fingerprint density at radius 3 is 2.58 bits per heavy atom. The summed E-state index contributed by atoms with van der Waals surface area (Å²) in [5.74, 6) is -1.13. The van der Waals surface area contributed by atoms with Gasteiger partial charge in [0.2, 0.25) is 0 Å². The SMILES string of the molecule is O=C(O)CC1(NC(=O)c2cnn(Cc3ccccc3)c2)CCCC1. The van der Waals surface area contributed by atoms with Gasteiger partial charge in [0.25, 0.3) is 5.91 Å². The molecule has 1 amide bonds. The zero-order chi connectivity index (χ0) is 17.0. The number of carboxylic acid groups (broad SMARTS) is 1. The molecule has 24 heavy (non-hydrogen) atoms. The lowest BCUT2D eigenvalue weighted by Crippen LogP contribution is -2.47. The molecule has 0 saturated heterocycles. The first kappa shape index (κ1) is 16.2. The molecule has 0 unspecified atom stereocenters. The monoisotopic (exact) mass is 327 g/mol. The highest BCUT2D eigenvalue weighted by atomic mass is 16.4. The predicted molar refractivity (Wildman–Crippen MR) is 88.7 cm³/mol. The van der Waals surface area contributed by atoms with Crippen LogP contribution >= 0.6 is 0 Å². The summed E-state index contributed by atoms with van der Waals surface area (Å²) in [6, 6.07) is 9.88. The van der Waals surface area contributed by atoms with Crippen LogP contribution in [0.15, 0.2) is 42.7 Å². The minimum Gasteiger partial charge on any atom is -0.481 e. The van der Waals surface area contributed by atoms with E-state index in [4.69, 9.17) is 5.11 Å². The Bertz CT molecular complexity index is 718. The Labute approximate surface area is 140 Å². The van der Waals surface area contributed by atoms with E-state index in [1.807, 2.05) is 30.3 Å². The van der Waals surface area contributed by atoms with Crippen LogP contribution in [0.25, 0.3) is 0 Å². The summed E-state index contributed by atoms with van der Waals surface area (Å²) in [4.78, 5) is 23.6. The van der Waals surface area contributed by atoms with Crippen molar-refractivity contribution in [1.29, 1.82) is 0 Å². The molecule has 0 spiro atoms. The summed E-state index contributed by atoms with van der Waals surface area (Å²) in [6.45, 7) is 0.592. The molecule has 1 aromatic heterocycles. The van der Waals surface area contributed by atoms with Crippen LogP contribution in [0.5, 0.6) is 0 Å². The van der Waals surface area contributed by atoms with E-state index in [0.717, 1.165) is 18.4 Å². The first-order valence-electron chi connectivity index (χ1n) is 8.17. The van der Waals surface area contributed by atoms with Crippen LogP contribution in [0.4, 0.5) is 0 Å². The van der Waals surface area contributed by atoms with Crippen LogP contribution in [-0.2, 0) is 11.3 Å². The molecule has 0 aliphatic heterocycles. The standard InChI is InChI=1S/C18H21N3O3/c22-16(23)10-18(8-4-5-9-18)20-17(24)15-11-19-21(13-15)12-14-6-2-1-3-7-14/h1-3,6-7,11,13H,4-5,8-10,12H2,(H,20,24)(H,22,23). The van der Waals surface area contributed by atoms with E-state index in [1.165, 1.54) is 6.20 Å². The summed E-state index contributed by atoms with van der Waals surface area (Å²) >= 11 is 0. The third-order valence-electron chi connectivity index (χ3n) is 4.51. The van der Waals surface area contributed by atoms with Crippen molar-refractivity contribution in [1.82, 2.24) is 15.1 Å². The number of amides is 1. The molecule has 3 rings (SSSR count). The van der Waals surface area contributed by atoms with Gasteiger partial charge in [-0.25, -0.2) is 0 Å². The molecule has 1 aliphatic carbocycles. The Hall–Kier alpha value is -2.63. The lowest BCUT2D eigenvalue weighted by atomic mass is 9.93. The maximum atomic E-state index is 12.5. The fourth-order valence-electron chi connectivity index (χ4n) is 3.34. The molecule has 0 atom stereocenters. The van der Waals surface area contributed by atoms with Gasteiger partial charge >= 0.3 is 5.97 Å². The summed E-state index contributed by atoms with van der Waals surface area (Å²) in [7, 11) is 0. The smallest absolute Gasteiger partial charge is 0.305 e. The number of hydrogen-bond acceptors (Lipinski definition) is 3. The van der Waals surface area contributed by atoms with Gasteiger partial charge in [-0.1, -0.05) is 43.2 Å². The second-order valence-corrected chi connectivity index (χ2v) is 6.42. The Morgan fingerprint density at radius 1 is 1.21 bits per heavy atom. The molecule has 1 aliphatic rings. The summed E-state index contributed by atoms with van der Waals surface area (Å²) in [5.41, 5.74) is 0.943. The zero-order valence-electron chi connectivity index (χ0n) is 13.4. The van der Waals surface area contributed by atoms with Crippen LogP contribution in [0, 0.1) is 0 Å². The van der Waals surface area contributed by atoms with Crippen molar-refractivity contribution in [3.63, 3.8) is 0 Å². The number of carbonyl (C=O) groups is 2. The summed E-state index contributed by atoms with van der Waals surface area (Å²) in [5, 5.41) is 16.3. The first-order chi connectivity index (χ1) is 11.6. The van der Waals surface area contributed by atoms with Crippen molar-refractivity contribution < 1.29 is 14.7 Å². The number of aromatic nitrogens is 2. The molecule has 2 aromatic rings. The van der Waals surface area contributed by atoms with Crippen LogP contribution < -0.4 is 5.32 Å². The number of aliphatic carboxylic acids is 1. The molecule has 0 bridgehead atoms. The highest BCUT2D eigenvalue weighted by Crippen LogP contribution is 2.32. The van der Waals surface area contributed by atoms with Crippen molar-refractivity contribution in [2.75, 3.05) is 0 Å². The van der Waals surface area contributed by atoms with Crippen molar-refractivity contribution >= 4 is 11.9 Å². The normalized spacial score (nSPS) is 16.0. The van der Waals surface area contributed by atoms with E-state index in [9.17, 15) is 9.59 Å². The first-order valence-corrected chi connectivity index (χ1v) is 8.17. The lowest BCUT2D eigenvalue weighted by molar-refractivity contribution is -0.138. The molecule has 126 valence electrons. The van der Waals surface area contributed by atoms with E-state index in [0.29, 0.717) is 24.9 Å². The minimum absolute atomic E-state index is 0.0309. The maximum absolute atomic E-state index is 12.5. The number of carboxylic acids is 1. The Balaban J connectivity index is 1.68. The van der Waals surface area contributed by atoms with Crippen molar-refractivity contribution in [3.8, 4) is 0 Å². The van der Waals surface area contributed by atoms with Gasteiger partial charge in [0.05, 0.1) is 30.3 Å². The number of nitrogens with one attached hydrogen (secondary N) is 1. The van der Waals surface area contributed by atoms with Gasteiger partial charge in [0, 0.05) is 6.20 Å². The molecule has 6 heteroatoms. The number of nitrogens with zero attached hydrogens (tertiary/aromatic N) is 2. The molecular formula is C18H21N3O3. The third kappa shape index (κ3) is 3.82. The quantitative estimate of drug-likeness (QED) is 0.853. The number of benzene rings is 1. The summed E-state index contributed by atoms with van der Waals surface area (Å²) < 4.78 is 1.71. The Morgan fingerprint density at radius 2 is 1.92 bits per heavy atom. The molecular weight excluding hydrogens is 306 g/mol. The fourth-order valence-corrected chi connectivity index (χ4v) is 3.34. The second kappa shape index (κ2) is 6.86. The average Bonchev–Trinajstić information content (AvgIpc) is 3.18. The molecule has 0 radical (unpaired) electrons. The fraction of sp³-hybridized carbons (Fsp3) is 0.389. The van der Waals surface area contributed by atoms with Gasteiger partial charge in [-0.3, -0.25) is 14.3 Å². The number of carbonyl (C=O) groups excluding carboxylic acids is 1. The molecule has 6 nitrogen and oxygen atoms in total. The predicted octanol–water partition coefficient (Wildman–Crippen LogP) is 2.45. The van der Waals surface area contributed by atoms with Crippen LogP contribution in [0.3, 0.4) is 0 Å². The highest BCUT2D eigenvalue weighted by Gasteiger charge is 2.37. The van der Waals surface area contributed by atoms with E-state index < -0.39 is 11.5 Å². The highest BCUT2D eigenvalue weighted by molar-refractivity contribution is 5.94. The van der Waals surface area contributed by atoms with Gasteiger partial charge in [-0.15, -0.1) is 0 Å². The second-order valence-electron chi connectivity index (χ2n) is 6.42. The largest absolute Gasteiger partial charge is 0.481 e. The molecule has 1 saturated carbocycles. The topological polar surface area (TPSA) is 84.2 Å². The molecule has 2 N–H and O–H groups in total. The van der Waals surface area contributed by atoms with E-state index >= 15 is 0 Å². The number of rotatable bonds is 6. The van der Waals surface area contributed by atoms with Crippen LogP contribution in [0.2, 0.25) is 0 Å². The molecule has 1 aromatic carbocycles. The van der Waals surface area contributed by atoms with Crippen LogP contribution in [-0.4, -0.2) is 32.3 Å². The number of hydrogen-bond donors (Lipinski definition) is 2. The van der Waals surface area contributed by atoms with Gasteiger partial charge in [0.15, 0.2) is 0 Å². The van der Waals surface area contributed by atoms with E-state index in [1.54, 1.807) is 10.9 Å². The maximum Gasteiger partial charge on any atom is 0.305 e. The lowest BCUT2D eigenvalue weighted by Gasteiger charge is -2.28. The third-order valence-corrected chi connectivity index (χ3v) is 4.51. The van der Waals surface area contributed by atoms with Crippen molar-refractivity contribution in [2.45, 2.75) is 44.2 Å². The molecule has 1 heterocycles.